The zero-order chi connectivity index (χ0) is 18.9. The molecule has 8 heteroatoms. The van der Waals surface area contributed by atoms with E-state index >= 15 is 0 Å². The molecule has 0 saturated carbocycles. The molecule has 0 bridgehead atoms. The highest BCUT2D eigenvalue weighted by atomic mass is 16.5. The van der Waals surface area contributed by atoms with Crippen LogP contribution in [0, 0.1) is 0 Å². The number of amides is 1. The number of fused-ring (bicyclic) bond motifs is 1. The van der Waals surface area contributed by atoms with Crippen molar-refractivity contribution in [3.05, 3.63) is 42.0 Å². The molecule has 0 spiro atoms. The van der Waals surface area contributed by atoms with Gasteiger partial charge in [-0.15, -0.1) is 5.10 Å². The Morgan fingerprint density at radius 3 is 2.82 bits per heavy atom. The predicted octanol–water partition coefficient (Wildman–Crippen LogP) is 2.62. The number of benzene rings is 1. The number of carbonyl (C=O) groups is 1. The van der Waals surface area contributed by atoms with Gasteiger partial charge in [0.25, 0.3) is 5.91 Å². The summed E-state index contributed by atoms with van der Waals surface area (Å²) in [5.41, 5.74) is 2.11. The number of likely N-dealkylation sites (tertiary alicyclic amines) is 1. The molecule has 2 fully saturated rings. The van der Waals surface area contributed by atoms with Gasteiger partial charge < -0.3 is 14.1 Å². The number of para-hydroxylation sites is 2. The average molecular weight is 381 g/mol. The highest BCUT2D eigenvalue weighted by Gasteiger charge is 2.29. The number of oxazole rings is 1. The van der Waals surface area contributed by atoms with Crippen LogP contribution < -0.4 is 0 Å². The van der Waals surface area contributed by atoms with Gasteiger partial charge in [-0.1, -0.05) is 17.3 Å². The highest BCUT2D eigenvalue weighted by molar-refractivity contribution is 5.92. The molecule has 146 valence electrons. The fourth-order valence-corrected chi connectivity index (χ4v) is 4.04. The second-order valence-corrected chi connectivity index (χ2v) is 7.55. The Labute approximate surface area is 162 Å². The van der Waals surface area contributed by atoms with E-state index in [1.165, 1.54) is 0 Å². The van der Waals surface area contributed by atoms with Crippen LogP contribution in [0.1, 0.15) is 48.0 Å². The fraction of sp³-hybridized carbons (Fsp3) is 0.500. The van der Waals surface area contributed by atoms with Gasteiger partial charge in [-0.2, -0.15) is 0 Å². The van der Waals surface area contributed by atoms with Gasteiger partial charge >= 0.3 is 0 Å². The maximum absolute atomic E-state index is 12.8. The zero-order valence-electron chi connectivity index (χ0n) is 15.7. The first-order chi connectivity index (χ1) is 13.8. The fourth-order valence-electron chi connectivity index (χ4n) is 4.04. The number of carbonyl (C=O) groups excluding carboxylic acids is 1. The molecule has 2 aliphatic heterocycles. The summed E-state index contributed by atoms with van der Waals surface area (Å²) in [5.74, 6) is 0.956. The summed E-state index contributed by atoms with van der Waals surface area (Å²) >= 11 is 0. The largest absolute Gasteiger partial charge is 0.440 e. The van der Waals surface area contributed by atoms with E-state index in [-0.39, 0.29) is 17.9 Å². The molecule has 1 atom stereocenters. The lowest BCUT2D eigenvalue weighted by Gasteiger charge is -2.29. The molecule has 0 unspecified atom stereocenters. The van der Waals surface area contributed by atoms with Crippen molar-refractivity contribution in [3.8, 4) is 0 Å². The van der Waals surface area contributed by atoms with Crippen LogP contribution in [0.25, 0.3) is 11.1 Å². The molecule has 2 aromatic heterocycles. The lowest BCUT2D eigenvalue weighted by atomic mass is 9.96. The Hall–Kier alpha value is -2.74. The molecular formula is C20H23N5O3. The quantitative estimate of drug-likeness (QED) is 0.690. The van der Waals surface area contributed by atoms with Crippen LogP contribution >= 0.6 is 0 Å². The second kappa shape index (κ2) is 7.35. The highest BCUT2D eigenvalue weighted by Crippen LogP contribution is 2.30. The predicted molar refractivity (Wildman–Crippen MR) is 101 cm³/mol. The minimum atomic E-state index is -0.0606. The second-order valence-electron chi connectivity index (χ2n) is 7.55. The molecule has 8 nitrogen and oxygen atoms in total. The van der Waals surface area contributed by atoms with Gasteiger partial charge in [0, 0.05) is 25.6 Å². The maximum atomic E-state index is 12.8. The molecular weight excluding hydrogens is 358 g/mol. The molecule has 2 aliphatic rings. The molecule has 0 aliphatic carbocycles. The van der Waals surface area contributed by atoms with Crippen LogP contribution in [0.15, 0.2) is 34.9 Å². The van der Waals surface area contributed by atoms with E-state index < -0.39 is 0 Å². The van der Waals surface area contributed by atoms with E-state index in [1.54, 1.807) is 10.9 Å². The topological polar surface area (TPSA) is 86.3 Å². The van der Waals surface area contributed by atoms with Crippen molar-refractivity contribution in [1.29, 1.82) is 0 Å². The van der Waals surface area contributed by atoms with E-state index in [2.05, 4.69) is 15.3 Å². The molecule has 0 N–H and O–H groups in total. The Morgan fingerprint density at radius 2 is 2.04 bits per heavy atom. The van der Waals surface area contributed by atoms with Crippen LogP contribution in [0.4, 0.5) is 0 Å². The number of aromatic nitrogens is 4. The first kappa shape index (κ1) is 17.4. The van der Waals surface area contributed by atoms with E-state index in [4.69, 9.17) is 9.15 Å². The maximum Gasteiger partial charge on any atom is 0.276 e. The number of ether oxygens (including phenoxy) is 1. The Bertz CT molecular complexity index is 934. The summed E-state index contributed by atoms with van der Waals surface area (Å²) in [4.78, 5) is 19.2. The van der Waals surface area contributed by atoms with Crippen molar-refractivity contribution in [2.75, 3.05) is 19.7 Å². The van der Waals surface area contributed by atoms with E-state index in [1.807, 2.05) is 29.2 Å². The normalized spacial score (nSPS) is 20.9. The smallest absolute Gasteiger partial charge is 0.276 e. The van der Waals surface area contributed by atoms with Gasteiger partial charge in [-0.3, -0.25) is 4.79 Å². The van der Waals surface area contributed by atoms with Gasteiger partial charge in [0.05, 0.1) is 18.8 Å². The Morgan fingerprint density at radius 1 is 1.18 bits per heavy atom. The van der Waals surface area contributed by atoms with Crippen molar-refractivity contribution in [2.24, 2.45) is 0 Å². The molecule has 1 amide bonds. The number of hydrogen-bond acceptors (Lipinski definition) is 6. The molecule has 3 aromatic rings. The summed E-state index contributed by atoms with van der Waals surface area (Å²) in [6.45, 7) is 2.79. The van der Waals surface area contributed by atoms with Crippen LogP contribution in [0.5, 0.6) is 0 Å². The third-order valence-corrected chi connectivity index (χ3v) is 5.61. The third-order valence-electron chi connectivity index (χ3n) is 5.61. The van der Waals surface area contributed by atoms with Gasteiger partial charge in [0.2, 0.25) is 0 Å². The summed E-state index contributed by atoms with van der Waals surface area (Å²) in [6, 6.07) is 7.80. The van der Waals surface area contributed by atoms with Crippen LogP contribution in [0.3, 0.4) is 0 Å². The van der Waals surface area contributed by atoms with Crippen LogP contribution in [0.2, 0.25) is 0 Å². The summed E-state index contributed by atoms with van der Waals surface area (Å²) in [5, 5.41) is 8.17. The van der Waals surface area contributed by atoms with E-state index in [9.17, 15) is 4.79 Å². The van der Waals surface area contributed by atoms with Crippen molar-refractivity contribution in [1.82, 2.24) is 24.9 Å². The van der Waals surface area contributed by atoms with E-state index in [0.29, 0.717) is 25.3 Å². The third kappa shape index (κ3) is 3.40. The van der Waals surface area contributed by atoms with E-state index in [0.717, 1.165) is 49.3 Å². The average Bonchev–Trinajstić information content (AvgIpc) is 3.48. The lowest BCUT2D eigenvalue weighted by Crippen LogP contribution is -2.38. The van der Waals surface area contributed by atoms with Gasteiger partial charge in [0.15, 0.2) is 17.2 Å². The molecule has 0 radical (unpaired) electrons. The summed E-state index contributed by atoms with van der Waals surface area (Å²) in [7, 11) is 0. The summed E-state index contributed by atoms with van der Waals surface area (Å²) < 4.78 is 13.2. The number of rotatable bonds is 4. The SMILES string of the molecule is O=C(c1cn(C[C@@H]2CCCO2)nn1)N1CCC(c2nc3ccccc3o2)CC1. The Kier molecular flexibility index (Phi) is 4.56. The standard InChI is InChI=1S/C20H23N5O3/c26-20(17-13-25(23-22-17)12-15-4-3-11-27-15)24-9-7-14(8-10-24)19-21-16-5-1-2-6-18(16)28-19/h1-2,5-6,13-15H,3-4,7-12H2/t15-/m0/s1. The molecule has 1 aromatic carbocycles. The van der Waals surface area contributed by atoms with Crippen LogP contribution in [-0.2, 0) is 11.3 Å². The number of nitrogens with zero attached hydrogens (tertiary/aromatic N) is 5. The number of hydrogen-bond donors (Lipinski definition) is 0. The van der Waals surface area contributed by atoms with Crippen molar-refractivity contribution < 1.29 is 13.9 Å². The van der Waals surface area contributed by atoms with Gasteiger partial charge in [-0.05, 0) is 37.8 Å². The van der Waals surface area contributed by atoms with Gasteiger partial charge in [0.1, 0.15) is 5.52 Å². The van der Waals surface area contributed by atoms with Crippen molar-refractivity contribution in [3.63, 3.8) is 0 Å². The Balaban J connectivity index is 1.20. The van der Waals surface area contributed by atoms with Crippen molar-refractivity contribution in [2.45, 2.75) is 44.2 Å². The summed E-state index contributed by atoms with van der Waals surface area (Å²) in [6.07, 6.45) is 5.70. The van der Waals surface area contributed by atoms with Crippen molar-refractivity contribution >= 4 is 17.0 Å². The number of piperidine rings is 1. The van der Waals surface area contributed by atoms with Crippen LogP contribution in [-0.4, -0.2) is 56.6 Å². The minimum Gasteiger partial charge on any atom is -0.440 e. The molecule has 28 heavy (non-hydrogen) atoms. The molecule has 4 heterocycles. The monoisotopic (exact) mass is 381 g/mol. The molecule has 5 rings (SSSR count). The van der Waals surface area contributed by atoms with Gasteiger partial charge in [-0.25, -0.2) is 9.67 Å². The zero-order valence-corrected chi connectivity index (χ0v) is 15.7. The minimum absolute atomic E-state index is 0.0606. The molecule has 2 saturated heterocycles. The first-order valence-electron chi connectivity index (χ1n) is 9.93. The lowest BCUT2D eigenvalue weighted by molar-refractivity contribution is 0.0700. The first-order valence-corrected chi connectivity index (χ1v) is 9.93.